The largest absolute Gasteiger partial charge is 0.461 e. The lowest BCUT2D eigenvalue weighted by atomic mass is 10.1. The first-order chi connectivity index (χ1) is 7.22. The van der Waals surface area contributed by atoms with Crippen LogP contribution in [-0.4, -0.2) is 4.98 Å². The summed E-state index contributed by atoms with van der Waals surface area (Å²) in [4.78, 5) is 3.84. The van der Waals surface area contributed by atoms with Crippen molar-refractivity contribution in [1.82, 2.24) is 4.98 Å². The molecule has 0 spiro atoms. The molecule has 0 aromatic carbocycles. The normalized spacial score (nSPS) is 9.93. The van der Waals surface area contributed by atoms with Gasteiger partial charge in [0.2, 0.25) is 0 Å². The van der Waals surface area contributed by atoms with E-state index >= 15 is 0 Å². The van der Waals surface area contributed by atoms with Crippen molar-refractivity contribution < 1.29 is 4.42 Å². The fraction of sp³-hybridized carbons (Fsp3) is 0.0909. The fourth-order valence-electron chi connectivity index (χ4n) is 1.33. The van der Waals surface area contributed by atoms with Crippen molar-refractivity contribution >= 4 is 11.6 Å². The molecule has 0 aliphatic heterocycles. The van der Waals surface area contributed by atoms with Crippen molar-refractivity contribution in [1.29, 1.82) is 5.26 Å². The zero-order chi connectivity index (χ0) is 10.8. The van der Waals surface area contributed by atoms with Crippen LogP contribution >= 0.6 is 11.6 Å². The number of nitriles is 1. The molecule has 0 unspecified atom stereocenters. The van der Waals surface area contributed by atoms with Gasteiger partial charge in [-0.05, 0) is 25.1 Å². The van der Waals surface area contributed by atoms with E-state index in [0.717, 1.165) is 5.76 Å². The number of rotatable bonds is 1. The number of nitrogens with zero attached hydrogens (tertiary/aromatic N) is 2. The van der Waals surface area contributed by atoms with Gasteiger partial charge in [0.05, 0.1) is 0 Å². The first-order valence-electron chi connectivity index (χ1n) is 4.34. The van der Waals surface area contributed by atoms with Gasteiger partial charge in [-0.25, -0.2) is 4.98 Å². The second-order valence-corrected chi connectivity index (χ2v) is 3.40. The van der Waals surface area contributed by atoms with E-state index in [1.807, 2.05) is 25.1 Å². The van der Waals surface area contributed by atoms with Crippen LogP contribution in [0, 0.1) is 18.3 Å². The molecule has 2 rings (SSSR count). The van der Waals surface area contributed by atoms with E-state index in [2.05, 4.69) is 4.98 Å². The summed E-state index contributed by atoms with van der Waals surface area (Å²) < 4.78 is 5.43. The van der Waals surface area contributed by atoms with Crippen LogP contribution in [0.4, 0.5) is 0 Å². The molecule has 2 heterocycles. The van der Waals surface area contributed by atoms with Gasteiger partial charge in [0.25, 0.3) is 0 Å². The molecule has 0 bridgehead atoms. The Morgan fingerprint density at radius 1 is 1.40 bits per heavy atom. The topological polar surface area (TPSA) is 49.8 Å². The van der Waals surface area contributed by atoms with E-state index in [0.29, 0.717) is 16.9 Å². The molecule has 0 N–H and O–H groups in total. The van der Waals surface area contributed by atoms with Crippen molar-refractivity contribution in [2.75, 3.05) is 0 Å². The van der Waals surface area contributed by atoms with Crippen LogP contribution in [0.25, 0.3) is 11.3 Å². The number of hydrogen-bond donors (Lipinski definition) is 0. The molecule has 15 heavy (non-hydrogen) atoms. The maximum Gasteiger partial charge on any atom is 0.147 e. The SMILES string of the molecule is Cc1ccc(-c2ccnc(Cl)c2C#N)o1. The average Bonchev–Trinajstić information content (AvgIpc) is 2.64. The van der Waals surface area contributed by atoms with E-state index in [1.54, 1.807) is 12.3 Å². The molecule has 2 aromatic rings. The van der Waals surface area contributed by atoms with Crippen LogP contribution in [0.3, 0.4) is 0 Å². The van der Waals surface area contributed by atoms with E-state index in [-0.39, 0.29) is 5.15 Å². The van der Waals surface area contributed by atoms with Gasteiger partial charge in [-0.15, -0.1) is 0 Å². The van der Waals surface area contributed by atoms with Gasteiger partial charge in [0.1, 0.15) is 28.3 Å². The third-order valence-electron chi connectivity index (χ3n) is 2.02. The molecule has 4 heteroatoms. The first kappa shape index (κ1) is 9.75. The molecule has 0 saturated carbocycles. The molecule has 3 nitrogen and oxygen atoms in total. The van der Waals surface area contributed by atoms with Gasteiger partial charge in [-0.2, -0.15) is 5.26 Å². The Bertz CT molecular complexity index is 540. The highest BCUT2D eigenvalue weighted by molar-refractivity contribution is 6.30. The number of hydrogen-bond acceptors (Lipinski definition) is 3. The highest BCUT2D eigenvalue weighted by Gasteiger charge is 2.11. The molecule has 2 aromatic heterocycles. The Morgan fingerprint density at radius 2 is 2.20 bits per heavy atom. The zero-order valence-corrected chi connectivity index (χ0v) is 8.75. The molecule has 0 aliphatic carbocycles. The predicted octanol–water partition coefficient (Wildman–Crippen LogP) is 3.18. The smallest absolute Gasteiger partial charge is 0.147 e. The van der Waals surface area contributed by atoms with E-state index < -0.39 is 0 Å². The molecule has 0 radical (unpaired) electrons. The minimum Gasteiger partial charge on any atom is -0.461 e. The second-order valence-electron chi connectivity index (χ2n) is 3.05. The number of aryl methyl sites for hydroxylation is 1. The van der Waals surface area contributed by atoms with Gasteiger partial charge >= 0.3 is 0 Å². The summed E-state index contributed by atoms with van der Waals surface area (Å²) in [5.74, 6) is 1.43. The van der Waals surface area contributed by atoms with Crippen LogP contribution < -0.4 is 0 Å². The lowest BCUT2D eigenvalue weighted by Crippen LogP contribution is -1.86. The van der Waals surface area contributed by atoms with E-state index in [9.17, 15) is 0 Å². The Labute approximate surface area is 91.9 Å². The van der Waals surface area contributed by atoms with Crippen molar-refractivity contribution in [3.8, 4) is 17.4 Å². The molecule has 74 valence electrons. The van der Waals surface area contributed by atoms with Gasteiger partial charge in [-0.3, -0.25) is 0 Å². The predicted molar refractivity (Wildman–Crippen MR) is 56.4 cm³/mol. The number of aromatic nitrogens is 1. The van der Waals surface area contributed by atoms with Gasteiger partial charge in [0, 0.05) is 11.8 Å². The summed E-state index contributed by atoms with van der Waals surface area (Å²) in [6.07, 6.45) is 1.55. The average molecular weight is 219 g/mol. The Morgan fingerprint density at radius 3 is 2.80 bits per heavy atom. The quantitative estimate of drug-likeness (QED) is 0.691. The maximum absolute atomic E-state index is 8.95. The molecule has 0 amide bonds. The maximum atomic E-state index is 8.95. The van der Waals surface area contributed by atoms with Crippen LogP contribution in [0.15, 0.2) is 28.8 Å². The summed E-state index contributed by atoms with van der Waals surface area (Å²) >= 11 is 5.81. The second kappa shape index (κ2) is 3.76. The lowest BCUT2D eigenvalue weighted by Gasteiger charge is -2.00. The van der Waals surface area contributed by atoms with Crippen LogP contribution in [0.2, 0.25) is 5.15 Å². The molecule has 0 saturated heterocycles. The molecule has 0 atom stereocenters. The summed E-state index contributed by atoms with van der Waals surface area (Å²) in [6, 6.07) is 7.37. The Hall–Kier alpha value is -1.79. The van der Waals surface area contributed by atoms with Gasteiger partial charge < -0.3 is 4.42 Å². The lowest BCUT2D eigenvalue weighted by molar-refractivity contribution is 0.548. The van der Waals surface area contributed by atoms with Gasteiger partial charge in [0.15, 0.2) is 0 Å². The Kier molecular flexibility index (Phi) is 2.44. The summed E-state index contributed by atoms with van der Waals surface area (Å²) in [7, 11) is 0. The highest BCUT2D eigenvalue weighted by Crippen LogP contribution is 2.28. The molecule has 0 aliphatic rings. The summed E-state index contributed by atoms with van der Waals surface area (Å²) in [6.45, 7) is 1.85. The third-order valence-corrected chi connectivity index (χ3v) is 2.31. The first-order valence-corrected chi connectivity index (χ1v) is 4.71. The fourth-order valence-corrected chi connectivity index (χ4v) is 1.53. The van der Waals surface area contributed by atoms with Crippen LogP contribution in [0.5, 0.6) is 0 Å². The van der Waals surface area contributed by atoms with Crippen molar-refractivity contribution in [3.05, 3.63) is 40.9 Å². The summed E-state index contributed by atoms with van der Waals surface area (Å²) in [5.41, 5.74) is 1.01. The standard InChI is InChI=1S/C11H7ClN2O/c1-7-2-3-10(15-7)8-4-5-14-11(12)9(8)6-13/h2-5H,1H3. The molecular weight excluding hydrogens is 212 g/mol. The minimum atomic E-state index is 0.198. The van der Waals surface area contributed by atoms with E-state index in [1.165, 1.54) is 0 Å². The Balaban J connectivity index is 2.63. The van der Waals surface area contributed by atoms with Crippen LogP contribution in [-0.2, 0) is 0 Å². The minimum absolute atomic E-state index is 0.198. The van der Waals surface area contributed by atoms with Gasteiger partial charge in [-0.1, -0.05) is 11.6 Å². The molecular formula is C11H7ClN2O. The van der Waals surface area contributed by atoms with Crippen molar-refractivity contribution in [2.24, 2.45) is 0 Å². The summed E-state index contributed by atoms with van der Waals surface area (Å²) in [5, 5.41) is 9.15. The van der Waals surface area contributed by atoms with Crippen LogP contribution in [0.1, 0.15) is 11.3 Å². The number of halogens is 1. The number of pyridine rings is 1. The van der Waals surface area contributed by atoms with Crippen molar-refractivity contribution in [2.45, 2.75) is 6.92 Å². The number of furan rings is 1. The monoisotopic (exact) mass is 218 g/mol. The molecule has 0 fully saturated rings. The third kappa shape index (κ3) is 1.72. The van der Waals surface area contributed by atoms with Crippen molar-refractivity contribution in [3.63, 3.8) is 0 Å². The highest BCUT2D eigenvalue weighted by atomic mass is 35.5. The zero-order valence-electron chi connectivity index (χ0n) is 7.99. The van der Waals surface area contributed by atoms with E-state index in [4.69, 9.17) is 21.3 Å².